The predicted octanol–water partition coefficient (Wildman–Crippen LogP) is 2.67. The Morgan fingerprint density at radius 1 is 1.00 bits per heavy atom. The number of aryl methyl sites for hydroxylation is 1. The van der Waals surface area contributed by atoms with E-state index in [0.29, 0.717) is 22.7 Å². The van der Waals surface area contributed by atoms with Crippen LogP contribution in [0.25, 0.3) is 0 Å². The molecule has 2 rings (SSSR count). The summed E-state index contributed by atoms with van der Waals surface area (Å²) in [6, 6.07) is 11.2. The van der Waals surface area contributed by atoms with Gasteiger partial charge in [-0.1, -0.05) is 0 Å². The lowest BCUT2D eigenvalue weighted by Gasteiger charge is -2.09. The van der Waals surface area contributed by atoms with Crippen molar-refractivity contribution in [1.29, 1.82) is 0 Å². The van der Waals surface area contributed by atoms with E-state index < -0.39 is 5.97 Å². The van der Waals surface area contributed by atoms with Gasteiger partial charge in [-0.25, -0.2) is 4.79 Å². The van der Waals surface area contributed by atoms with Crippen LogP contribution in [0.4, 0.5) is 11.4 Å². The van der Waals surface area contributed by atoms with Crippen molar-refractivity contribution in [2.24, 2.45) is 0 Å². The molecule has 0 spiro atoms. The van der Waals surface area contributed by atoms with E-state index in [0.717, 1.165) is 0 Å². The highest BCUT2D eigenvalue weighted by Gasteiger charge is 2.09. The summed E-state index contributed by atoms with van der Waals surface area (Å²) in [5.41, 5.74) is 1.95. The third-order valence-corrected chi connectivity index (χ3v) is 3.29. The third-order valence-electron chi connectivity index (χ3n) is 3.29. The van der Waals surface area contributed by atoms with Crippen molar-refractivity contribution in [3.8, 4) is 5.75 Å². The Labute approximate surface area is 144 Å². The minimum atomic E-state index is -1.01. The first-order valence-corrected chi connectivity index (χ1v) is 7.49. The lowest BCUT2D eigenvalue weighted by Crippen LogP contribution is -2.20. The first-order chi connectivity index (χ1) is 11.8. The van der Waals surface area contributed by atoms with Gasteiger partial charge in [0.15, 0.2) is 6.61 Å². The second kappa shape index (κ2) is 7.96. The number of hydrogen-bond acceptors (Lipinski definition) is 4. The van der Waals surface area contributed by atoms with E-state index in [9.17, 15) is 14.4 Å². The topological polar surface area (TPSA) is 105 Å². The standard InChI is InChI=1S/C18H18N2O5/c1-11-9-15(7-8-16(11)18(23)24)25-10-17(22)20-14-5-3-13(4-6-14)19-12(2)21/h3-9H,10H2,1-2H3,(H,19,21)(H,20,22)(H,23,24). The number of ether oxygens (including phenoxy) is 1. The Morgan fingerprint density at radius 3 is 2.12 bits per heavy atom. The predicted molar refractivity (Wildman–Crippen MR) is 93.0 cm³/mol. The number of nitrogens with one attached hydrogen (secondary N) is 2. The fourth-order valence-corrected chi connectivity index (χ4v) is 2.15. The highest BCUT2D eigenvalue weighted by molar-refractivity contribution is 5.93. The molecule has 0 aromatic heterocycles. The van der Waals surface area contributed by atoms with Crippen LogP contribution in [0.3, 0.4) is 0 Å². The minimum absolute atomic E-state index is 0.172. The Hall–Kier alpha value is -3.35. The normalized spacial score (nSPS) is 10.0. The Balaban J connectivity index is 1.89. The zero-order chi connectivity index (χ0) is 18.4. The number of aromatic carboxylic acids is 1. The van der Waals surface area contributed by atoms with Crippen LogP contribution < -0.4 is 15.4 Å². The molecule has 2 aromatic rings. The van der Waals surface area contributed by atoms with Gasteiger partial charge < -0.3 is 20.5 Å². The molecule has 25 heavy (non-hydrogen) atoms. The molecule has 0 unspecified atom stereocenters. The Kier molecular flexibility index (Phi) is 5.73. The molecule has 7 heteroatoms. The molecule has 2 amide bonds. The van der Waals surface area contributed by atoms with Gasteiger partial charge in [-0.3, -0.25) is 9.59 Å². The molecule has 2 aromatic carbocycles. The van der Waals surface area contributed by atoms with Crippen molar-refractivity contribution in [2.45, 2.75) is 13.8 Å². The van der Waals surface area contributed by atoms with Gasteiger partial charge in [-0.15, -0.1) is 0 Å². The number of anilines is 2. The highest BCUT2D eigenvalue weighted by Crippen LogP contribution is 2.18. The molecule has 0 aliphatic rings. The van der Waals surface area contributed by atoms with Crippen molar-refractivity contribution in [1.82, 2.24) is 0 Å². The van der Waals surface area contributed by atoms with Crippen LogP contribution in [0.1, 0.15) is 22.8 Å². The van der Waals surface area contributed by atoms with Crippen molar-refractivity contribution >= 4 is 29.2 Å². The summed E-state index contributed by atoms with van der Waals surface area (Å²) in [6.45, 7) is 2.87. The fraction of sp³-hybridized carbons (Fsp3) is 0.167. The van der Waals surface area contributed by atoms with E-state index in [1.165, 1.54) is 19.1 Å². The van der Waals surface area contributed by atoms with Crippen LogP contribution >= 0.6 is 0 Å². The molecule has 0 radical (unpaired) electrons. The zero-order valence-electron chi connectivity index (χ0n) is 13.8. The van der Waals surface area contributed by atoms with E-state index >= 15 is 0 Å². The third kappa shape index (κ3) is 5.35. The largest absolute Gasteiger partial charge is 0.484 e. The SMILES string of the molecule is CC(=O)Nc1ccc(NC(=O)COc2ccc(C(=O)O)c(C)c2)cc1. The number of amides is 2. The molecule has 0 fully saturated rings. The molecule has 0 bridgehead atoms. The van der Waals surface area contributed by atoms with Crippen LogP contribution in [-0.4, -0.2) is 29.5 Å². The monoisotopic (exact) mass is 342 g/mol. The quantitative estimate of drug-likeness (QED) is 0.748. The molecular weight excluding hydrogens is 324 g/mol. The molecule has 0 heterocycles. The van der Waals surface area contributed by atoms with E-state index in [-0.39, 0.29) is 24.0 Å². The summed E-state index contributed by atoms with van der Waals surface area (Å²) in [7, 11) is 0. The lowest BCUT2D eigenvalue weighted by molar-refractivity contribution is -0.118. The molecule has 0 saturated carbocycles. The number of carboxylic acid groups (broad SMARTS) is 1. The average molecular weight is 342 g/mol. The van der Waals surface area contributed by atoms with Crippen molar-refractivity contribution in [3.63, 3.8) is 0 Å². The van der Waals surface area contributed by atoms with Crippen molar-refractivity contribution < 1.29 is 24.2 Å². The van der Waals surface area contributed by atoms with Gasteiger partial charge in [-0.2, -0.15) is 0 Å². The van der Waals surface area contributed by atoms with Crippen molar-refractivity contribution in [2.75, 3.05) is 17.2 Å². The maximum atomic E-state index is 11.9. The summed E-state index contributed by atoms with van der Waals surface area (Å²) in [4.78, 5) is 33.8. The second-order valence-electron chi connectivity index (χ2n) is 5.38. The van der Waals surface area contributed by atoms with Gasteiger partial charge in [0, 0.05) is 18.3 Å². The highest BCUT2D eigenvalue weighted by atomic mass is 16.5. The minimum Gasteiger partial charge on any atom is -0.484 e. The average Bonchev–Trinajstić information content (AvgIpc) is 2.54. The van der Waals surface area contributed by atoms with E-state index in [1.807, 2.05) is 0 Å². The van der Waals surface area contributed by atoms with Crippen LogP contribution in [0.5, 0.6) is 5.75 Å². The maximum Gasteiger partial charge on any atom is 0.335 e. The molecule has 0 aliphatic carbocycles. The van der Waals surface area contributed by atoms with Gasteiger partial charge in [-0.05, 0) is 55.0 Å². The second-order valence-corrected chi connectivity index (χ2v) is 5.38. The number of carboxylic acids is 1. The number of carbonyl (C=O) groups is 3. The number of hydrogen-bond donors (Lipinski definition) is 3. The number of carbonyl (C=O) groups excluding carboxylic acids is 2. The summed E-state index contributed by atoms with van der Waals surface area (Å²) in [5, 5.41) is 14.3. The molecule has 0 atom stereocenters. The molecule has 130 valence electrons. The summed E-state index contributed by atoms with van der Waals surface area (Å²) in [6.07, 6.45) is 0. The first-order valence-electron chi connectivity index (χ1n) is 7.49. The van der Waals surface area contributed by atoms with Crippen LogP contribution in [0, 0.1) is 6.92 Å². The van der Waals surface area contributed by atoms with Crippen LogP contribution in [0.15, 0.2) is 42.5 Å². The van der Waals surface area contributed by atoms with Gasteiger partial charge in [0.05, 0.1) is 5.56 Å². The fourth-order valence-electron chi connectivity index (χ4n) is 2.15. The number of benzene rings is 2. The maximum absolute atomic E-state index is 11.9. The molecule has 3 N–H and O–H groups in total. The molecule has 7 nitrogen and oxygen atoms in total. The van der Waals surface area contributed by atoms with Gasteiger partial charge >= 0.3 is 5.97 Å². The Morgan fingerprint density at radius 2 is 1.60 bits per heavy atom. The zero-order valence-corrected chi connectivity index (χ0v) is 13.8. The van der Waals surface area contributed by atoms with Gasteiger partial charge in [0.25, 0.3) is 5.91 Å². The smallest absolute Gasteiger partial charge is 0.335 e. The molecular formula is C18H18N2O5. The van der Waals surface area contributed by atoms with Gasteiger partial charge in [0.2, 0.25) is 5.91 Å². The van der Waals surface area contributed by atoms with E-state index in [2.05, 4.69) is 10.6 Å². The van der Waals surface area contributed by atoms with Crippen LogP contribution in [-0.2, 0) is 9.59 Å². The summed E-state index contributed by atoms with van der Waals surface area (Å²) in [5.74, 6) is -1.12. The van der Waals surface area contributed by atoms with E-state index in [4.69, 9.17) is 9.84 Å². The summed E-state index contributed by atoms with van der Waals surface area (Å²) < 4.78 is 5.37. The van der Waals surface area contributed by atoms with Crippen molar-refractivity contribution in [3.05, 3.63) is 53.6 Å². The Bertz CT molecular complexity index is 800. The summed E-state index contributed by atoms with van der Waals surface area (Å²) >= 11 is 0. The van der Waals surface area contributed by atoms with Crippen LogP contribution in [0.2, 0.25) is 0 Å². The molecule has 0 aliphatic heterocycles. The van der Waals surface area contributed by atoms with Gasteiger partial charge in [0.1, 0.15) is 5.75 Å². The first kappa shape index (κ1) is 18.0. The lowest BCUT2D eigenvalue weighted by atomic mass is 10.1. The number of rotatable bonds is 6. The van der Waals surface area contributed by atoms with E-state index in [1.54, 1.807) is 37.3 Å². The molecule has 0 saturated heterocycles.